The number of amides is 1. The summed E-state index contributed by atoms with van der Waals surface area (Å²) in [5, 5.41) is 15.8. The zero-order valence-electron chi connectivity index (χ0n) is 15.0. The largest absolute Gasteiger partial charge is 0.340 e. The monoisotopic (exact) mass is 355 g/mol. The Kier molecular flexibility index (Phi) is 3.33. The SMILES string of the molecule is Cc1cc2nnc(C(=O)NC3c4ccccc4-c4ccccc43)c(C)n2n1. The molecule has 6 nitrogen and oxygen atoms in total. The number of hydrogen-bond donors (Lipinski definition) is 1. The average Bonchev–Trinajstić information content (AvgIpc) is 3.21. The van der Waals surface area contributed by atoms with E-state index in [1.165, 1.54) is 0 Å². The van der Waals surface area contributed by atoms with Crippen LogP contribution in [-0.4, -0.2) is 25.7 Å². The molecule has 0 unspecified atom stereocenters. The van der Waals surface area contributed by atoms with Crippen LogP contribution in [0.15, 0.2) is 54.6 Å². The normalized spacial score (nSPS) is 12.8. The number of carbonyl (C=O) groups excluding carboxylic acids is 1. The number of benzene rings is 2. The van der Waals surface area contributed by atoms with Crippen molar-refractivity contribution in [3.63, 3.8) is 0 Å². The van der Waals surface area contributed by atoms with Gasteiger partial charge >= 0.3 is 0 Å². The van der Waals surface area contributed by atoms with Gasteiger partial charge in [0.1, 0.15) is 0 Å². The first kappa shape index (κ1) is 15.7. The van der Waals surface area contributed by atoms with E-state index in [0.29, 0.717) is 11.3 Å². The molecule has 1 aliphatic rings. The number of hydrogen-bond acceptors (Lipinski definition) is 4. The van der Waals surface area contributed by atoms with Crippen LogP contribution in [0, 0.1) is 13.8 Å². The van der Waals surface area contributed by atoms with Gasteiger partial charge in [-0.15, -0.1) is 10.2 Å². The van der Waals surface area contributed by atoms with Crippen LogP contribution in [0.5, 0.6) is 0 Å². The van der Waals surface area contributed by atoms with Crippen molar-refractivity contribution >= 4 is 11.6 Å². The Morgan fingerprint density at radius 3 is 2.26 bits per heavy atom. The quantitative estimate of drug-likeness (QED) is 0.599. The zero-order valence-corrected chi connectivity index (χ0v) is 15.0. The van der Waals surface area contributed by atoms with Crippen LogP contribution in [-0.2, 0) is 0 Å². The molecule has 5 rings (SSSR count). The molecule has 2 heterocycles. The zero-order chi connectivity index (χ0) is 18.5. The molecular formula is C21H17N5O. The standard InChI is InChI=1S/C21H17N5O/c1-12-11-18-23-24-19(13(2)26(18)25-12)21(27)22-20-16-9-5-3-7-14(16)15-8-4-6-10-17(15)20/h3-11,20H,1-2H3,(H,22,27). The topological polar surface area (TPSA) is 72.2 Å². The lowest BCUT2D eigenvalue weighted by Crippen LogP contribution is -2.30. The molecule has 0 aliphatic heterocycles. The molecule has 0 saturated carbocycles. The minimum absolute atomic E-state index is 0.207. The fourth-order valence-corrected chi connectivity index (χ4v) is 3.80. The van der Waals surface area contributed by atoms with Crippen LogP contribution < -0.4 is 5.32 Å². The molecule has 0 saturated heterocycles. The minimum atomic E-state index is -0.258. The number of nitrogens with zero attached hydrogens (tertiary/aromatic N) is 4. The number of aromatic nitrogens is 4. The molecule has 0 spiro atoms. The van der Waals surface area contributed by atoms with Crippen molar-refractivity contribution in [3.8, 4) is 11.1 Å². The van der Waals surface area contributed by atoms with Gasteiger partial charge in [0.25, 0.3) is 5.91 Å². The van der Waals surface area contributed by atoms with Gasteiger partial charge in [0.05, 0.1) is 17.4 Å². The van der Waals surface area contributed by atoms with Crippen molar-refractivity contribution in [1.29, 1.82) is 0 Å². The van der Waals surface area contributed by atoms with E-state index in [1.807, 2.05) is 44.2 Å². The maximum Gasteiger partial charge on any atom is 0.274 e. The Hall–Kier alpha value is -3.54. The highest BCUT2D eigenvalue weighted by atomic mass is 16.2. The maximum absolute atomic E-state index is 13.0. The molecule has 2 aromatic heterocycles. The third-order valence-corrected chi connectivity index (χ3v) is 5.05. The van der Waals surface area contributed by atoms with Crippen molar-refractivity contribution < 1.29 is 4.79 Å². The van der Waals surface area contributed by atoms with E-state index in [9.17, 15) is 4.79 Å². The molecule has 0 fully saturated rings. The van der Waals surface area contributed by atoms with E-state index in [0.717, 1.165) is 27.9 Å². The fraction of sp³-hybridized carbons (Fsp3) is 0.143. The van der Waals surface area contributed by atoms with Gasteiger partial charge in [-0.2, -0.15) is 5.10 Å². The van der Waals surface area contributed by atoms with Crippen molar-refractivity contribution in [1.82, 2.24) is 25.1 Å². The number of nitrogens with one attached hydrogen (secondary N) is 1. The molecule has 4 aromatic rings. The van der Waals surface area contributed by atoms with Gasteiger partial charge in [-0.3, -0.25) is 4.79 Å². The summed E-state index contributed by atoms with van der Waals surface area (Å²) in [6, 6.07) is 17.9. The number of carbonyl (C=O) groups is 1. The molecule has 27 heavy (non-hydrogen) atoms. The lowest BCUT2D eigenvalue weighted by atomic mass is 10.1. The van der Waals surface area contributed by atoms with Crippen LogP contribution in [0.2, 0.25) is 0 Å². The highest BCUT2D eigenvalue weighted by Gasteiger charge is 2.30. The predicted molar refractivity (Wildman–Crippen MR) is 101 cm³/mol. The second-order valence-corrected chi connectivity index (χ2v) is 6.77. The van der Waals surface area contributed by atoms with Crippen LogP contribution in [0.1, 0.15) is 39.0 Å². The summed E-state index contributed by atoms with van der Waals surface area (Å²) in [7, 11) is 0. The summed E-state index contributed by atoms with van der Waals surface area (Å²) >= 11 is 0. The molecule has 1 N–H and O–H groups in total. The van der Waals surface area contributed by atoms with Gasteiger partial charge in [0.2, 0.25) is 0 Å². The van der Waals surface area contributed by atoms with Crippen LogP contribution in [0.25, 0.3) is 16.8 Å². The first-order chi connectivity index (χ1) is 13.1. The molecule has 1 amide bonds. The van der Waals surface area contributed by atoms with Gasteiger partial charge in [0, 0.05) is 6.07 Å². The van der Waals surface area contributed by atoms with Gasteiger partial charge in [-0.1, -0.05) is 48.5 Å². The molecular weight excluding hydrogens is 338 g/mol. The van der Waals surface area contributed by atoms with Gasteiger partial charge in [-0.25, -0.2) is 4.52 Å². The van der Waals surface area contributed by atoms with E-state index < -0.39 is 0 Å². The molecule has 1 aliphatic carbocycles. The summed E-state index contributed by atoms with van der Waals surface area (Å²) in [5.74, 6) is -0.258. The first-order valence-electron chi connectivity index (χ1n) is 8.82. The van der Waals surface area contributed by atoms with E-state index in [4.69, 9.17) is 0 Å². The van der Waals surface area contributed by atoms with Gasteiger partial charge in [-0.05, 0) is 36.1 Å². The van der Waals surface area contributed by atoms with E-state index in [1.54, 1.807) is 4.52 Å². The highest BCUT2D eigenvalue weighted by molar-refractivity contribution is 5.95. The Labute approximate surface area is 155 Å². The van der Waals surface area contributed by atoms with Crippen molar-refractivity contribution in [2.75, 3.05) is 0 Å². The smallest absolute Gasteiger partial charge is 0.274 e. The third kappa shape index (κ3) is 2.33. The predicted octanol–water partition coefficient (Wildman–Crippen LogP) is 3.24. The summed E-state index contributed by atoms with van der Waals surface area (Å²) in [6.45, 7) is 3.72. The van der Waals surface area contributed by atoms with E-state index >= 15 is 0 Å². The first-order valence-corrected chi connectivity index (χ1v) is 8.82. The average molecular weight is 355 g/mol. The minimum Gasteiger partial charge on any atom is -0.340 e. The summed E-state index contributed by atoms with van der Waals surface area (Å²) in [5.41, 5.74) is 6.92. The van der Waals surface area contributed by atoms with Crippen molar-refractivity contribution in [3.05, 3.63) is 82.8 Å². The summed E-state index contributed by atoms with van der Waals surface area (Å²) in [4.78, 5) is 13.0. The van der Waals surface area contributed by atoms with E-state index in [-0.39, 0.29) is 17.6 Å². The van der Waals surface area contributed by atoms with Crippen LogP contribution >= 0.6 is 0 Å². The van der Waals surface area contributed by atoms with E-state index in [2.05, 4.69) is 44.9 Å². The molecule has 132 valence electrons. The lowest BCUT2D eigenvalue weighted by Gasteiger charge is -2.16. The van der Waals surface area contributed by atoms with Crippen molar-refractivity contribution in [2.45, 2.75) is 19.9 Å². The second kappa shape index (κ2) is 5.74. The third-order valence-electron chi connectivity index (χ3n) is 5.05. The molecule has 0 atom stereocenters. The second-order valence-electron chi connectivity index (χ2n) is 6.77. The Morgan fingerprint density at radius 2 is 1.59 bits per heavy atom. The molecule has 0 bridgehead atoms. The maximum atomic E-state index is 13.0. The molecule has 0 radical (unpaired) electrons. The highest BCUT2D eigenvalue weighted by Crippen LogP contribution is 2.43. The summed E-state index contributed by atoms with van der Waals surface area (Å²) < 4.78 is 1.66. The number of rotatable bonds is 2. The Morgan fingerprint density at radius 1 is 0.963 bits per heavy atom. The van der Waals surface area contributed by atoms with Crippen molar-refractivity contribution in [2.24, 2.45) is 0 Å². The van der Waals surface area contributed by atoms with Crippen LogP contribution in [0.4, 0.5) is 0 Å². The van der Waals surface area contributed by atoms with Gasteiger partial charge in [0.15, 0.2) is 11.3 Å². The Bertz CT molecular complexity index is 1160. The molecule has 2 aromatic carbocycles. The molecule has 6 heteroatoms. The lowest BCUT2D eigenvalue weighted by molar-refractivity contribution is 0.0936. The van der Waals surface area contributed by atoms with Crippen LogP contribution in [0.3, 0.4) is 0 Å². The number of aryl methyl sites for hydroxylation is 2. The Balaban J connectivity index is 1.56. The fourth-order valence-electron chi connectivity index (χ4n) is 3.80. The number of fused-ring (bicyclic) bond motifs is 4. The summed E-state index contributed by atoms with van der Waals surface area (Å²) in [6.07, 6.45) is 0. The van der Waals surface area contributed by atoms with Gasteiger partial charge < -0.3 is 5.32 Å².